The maximum atomic E-state index is 11.8. The molecule has 0 fully saturated rings. The van der Waals surface area contributed by atoms with Gasteiger partial charge in [0.2, 0.25) is 0 Å². The molecule has 0 spiro atoms. The Morgan fingerprint density at radius 3 is 1.50 bits per heavy atom. The van der Waals surface area contributed by atoms with Crippen LogP contribution in [0.5, 0.6) is 0 Å². The molecular weight excluding hydrogens is 224 g/mol. The van der Waals surface area contributed by atoms with E-state index in [0.717, 1.165) is 0 Å². The van der Waals surface area contributed by atoms with Crippen molar-refractivity contribution in [1.82, 2.24) is 0 Å². The van der Waals surface area contributed by atoms with Crippen molar-refractivity contribution >= 4 is 11.6 Å². The molecule has 0 aromatic carbocycles. The molecule has 0 amide bonds. The third-order valence-electron chi connectivity index (χ3n) is 2.73. The van der Waals surface area contributed by atoms with Gasteiger partial charge in [-0.05, 0) is 23.3 Å². The van der Waals surface area contributed by atoms with Crippen molar-refractivity contribution < 1.29 is 9.59 Å². The highest BCUT2D eigenvalue weighted by Crippen LogP contribution is 2.19. The van der Waals surface area contributed by atoms with Gasteiger partial charge in [-0.2, -0.15) is 0 Å². The van der Waals surface area contributed by atoms with Crippen LogP contribution >= 0.6 is 0 Å². The summed E-state index contributed by atoms with van der Waals surface area (Å²) in [5, 5.41) is 0. The molecule has 0 atom stereocenters. The van der Waals surface area contributed by atoms with Gasteiger partial charge in [0, 0.05) is 11.1 Å². The van der Waals surface area contributed by atoms with Gasteiger partial charge in [0.05, 0.1) is 0 Å². The highest BCUT2D eigenvalue weighted by atomic mass is 16.1. The average Bonchev–Trinajstić information content (AvgIpc) is 2.94. The molecule has 0 aromatic rings. The number of hydrogen-bond donors (Lipinski definition) is 0. The predicted molar refractivity (Wildman–Crippen MR) is 71.9 cm³/mol. The molecule has 0 N–H and O–H groups in total. The van der Waals surface area contributed by atoms with Crippen LogP contribution in [0.25, 0.3) is 0 Å². The normalized spacial score (nSPS) is 17.6. The summed E-state index contributed by atoms with van der Waals surface area (Å²) in [6, 6.07) is 0. The summed E-state index contributed by atoms with van der Waals surface area (Å²) in [5.74, 6) is -0.425. The fraction of sp³-hybridized carbons (Fsp3) is 0. The summed E-state index contributed by atoms with van der Waals surface area (Å²) in [6.07, 6.45) is 13.0. The van der Waals surface area contributed by atoms with Crippen molar-refractivity contribution in [2.24, 2.45) is 0 Å². The Labute approximate surface area is 106 Å². The molecule has 0 aromatic heterocycles. The Kier molecular flexibility index (Phi) is 3.20. The quantitative estimate of drug-likeness (QED) is 0.703. The van der Waals surface area contributed by atoms with E-state index < -0.39 is 0 Å². The second-order valence-electron chi connectivity index (χ2n) is 3.99. The monoisotopic (exact) mass is 236 g/mol. The molecule has 18 heavy (non-hydrogen) atoms. The highest BCUT2D eigenvalue weighted by Gasteiger charge is 2.14. The molecule has 0 radical (unpaired) electrons. The van der Waals surface area contributed by atoms with E-state index in [1.54, 1.807) is 36.5 Å². The molecule has 0 unspecified atom stereocenters. The van der Waals surface area contributed by atoms with Crippen molar-refractivity contribution in [1.29, 1.82) is 0 Å². The van der Waals surface area contributed by atoms with Gasteiger partial charge in [-0.25, -0.2) is 0 Å². The topological polar surface area (TPSA) is 34.1 Å². The Morgan fingerprint density at radius 1 is 0.833 bits per heavy atom. The van der Waals surface area contributed by atoms with Crippen LogP contribution in [0.4, 0.5) is 0 Å². The lowest BCUT2D eigenvalue weighted by molar-refractivity contribution is -0.113. The van der Waals surface area contributed by atoms with Crippen molar-refractivity contribution in [3.05, 3.63) is 84.1 Å². The fourth-order valence-corrected chi connectivity index (χ4v) is 1.73. The Morgan fingerprint density at radius 2 is 1.22 bits per heavy atom. The van der Waals surface area contributed by atoms with Crippen molar-refractivity contribution in [3.8, 4) is 0 Å². The summed E-state index contributed by atoms with van der Waals surface area (Å²) >= 11 is 0. The molecule has 2 heteroatoms. The Hall–Kier alpha value is -2.48. The molecule has 0 saturated carbocycles. The molecular formula is C16H12O2. The van der Waals surface area contributed by atoms with Crippen LogP contribution in [0.1, 0.15) is 0 Å². The van der Waals surface area contributed by atoms with E-state index in [1.807, 2.05) is 0 Å². The standard InChI is InChI=1S/C16H12O2/c1-11-5-3-7-13(11)15(17)9-10-16(18)14-8-4-6-12(14)2/h3-10H,1-2H2/b10-9-. The van der Waals surface area contributed by atoms with E-state index in [4.69, 9.17) is 0 Å². The molecule has 0 saturated heterocycles. The van der Waals surface area contributed by atoms with Crippen LogP contribution in [-0.2, 0) is 9.59 Å². The van der Waals surface area contributed by atoms with Crippen LogP contribution in [0.2, 0.25) is 0 Å². The largest absolute Gasteiger partial charge is 0.289 e. The first-order chi connectivity index (χ1) is 8.59. The summed E-state index contributed by atoms with van der Waals surface area (Å²) in [5.41, 5.74) is 2.39. The minimum absolute atomic E-state index is 0.212. The van der Waals surface area contributed by atoms with Gasteiger partial charge in [0.25, 0.3) is 0 Å². The number of hydrogen-bond acceptors (Lipinski definition) is 2. The number of carbonyl (C=O) groups excluding carboxylic acids is 2. The van der Waals surface area contributed by atoms with E-state index in [2.05, 4.69) is 13.2 Å². The van der Waals surface area contributed by atoms with Gasteiger partial charge >= 0.3 is 0 Å². The van der Waals surface area contributed by atoms with E-state index in [-0.39, 0.29) is 11.6 Å². The lowest BCUT2D eigenvalue weighted by Crippen LogP contribution is -2.02. The molecule has 0 heterocycles. The first kappa shape index (κ1) is 12.0. The lowest BCUT2D eigenvalue weighted by Gasteiger charge is -1.99. The zero-order chi connectivity index (χ0) is 13.1. The first-order valence-electron chi connectivity index (χ1n) is 5.51. The number of rotatable bonds is 4. The van der Waals surface area contributed by atoms with Crippen LogP contribution in [0.15, 0.2) is 84.1 Å². The Bertz CT molecular complexity index is 551. The maximum Gasteiger partial charge on any atom is 0.186 e. The van der Waals surface area contributed by atoms with Crippen molar-refractivity contribution in [2.45, 2.75) is 0 Å². The zero-order valence-electron chi connectivity index (χ0n) is 9.85. The minimum Gasteiger partial charge on any atom is -0.289 e. The second-order valence-corrected chi connectivity index (χ2v) is 3.99. The number of ketones is 2. The zero-order valence-corrected chi connectivity index (χ0v) is 9.85. The third kappa shape index (κ3) is 2.28. The van der Waals surface area contributed by atoms with E-state index in [9.17, 15) is 9.59 Å². The smallest absolute Gasteiger partial charge is 0.186 e. The summed E-state index contributed by atoms with van der Waals surface area (Å²) < 4.78 is 0. The van der Waals surface area contributed by atoms with E-state index in [1.165, 1.54) is 12.2 Å². The fourth-order valence-electron chi connectivity index (χ4n) is 1.73. The highest BCUT2D eigenvalue weighted by molar-refractivity contribution is 6.15. The van der Waals surface area contributed by atoms with E-state index in [0.29, 0.717) is 22.3 Å². The first-order valence-corrected chi connectivity index (χ1v) is 5.51. The van der Waals surface area contributed by atoms with Crippen LogP contribution in [0.3, 0.4) is 0 Å². The maximum absolute atomic E-state index is 11.8. The molecule has 2 nitrogen and oxygen atoms in total. The molecule has 0 aliphatic heterocycles. The molecule has 0 bridgehead atoms. The molecule has 2 aliphatic rings. The summed E-state index contributed by atoms with van der Waals surface area (Å²) in [7, 11) is 0. The minimum atomic E-state index is -0.212. The van der Waals surface area contributed by atoms with Gasteiger partial charge in [0.15, 0.2) is 11.6 Å². The SMILES string of the molecule is C=C1C=CC=C1C(=O)/C=C\C(=O)C1=CC=CC1=C. The summed E-state index contributed by atoms with van der Waals surface area (Å²) in [4.78, 5) is 23.6. The van der Waals surface area contributed by atoms with Crippen LogP contribution in [0, 0.1) is 0 Å². The lowest BCUT2D eigenvalue weighted by atomic mass is 10.0. The second kappa shape index (κ2) is 4.80. The van der Waals surface area contributed by atoms with Gasteiger partial charge < -0.3 is 0 Å². The van der Waals surface area contributed by atoms with Gasteiger partial charge in [-0.1, -0.05) is 49.6 Å². The van der Waals surface area contributed by atoms with Crippen molar-refractivity contribution in [3.63, 3.8) is 0 Å². The van der Waals surface area contributed by atoms with Crippen molar-refractivity contribution in [2.75, 3.05) is 0 Å². The van der Waals surface area contributed by atoms with Gasteiger partial charge in [-0.3, -0.25) is 9.59 Å². The predicted octanol–water partition coefficient (Wildman–Crippen LogP) is 2.79. The van der Waals surface area contributed by atoms with Gasteiger partial charge in [0.1, 0.15) is 0 Å². The Balaban J connectivity index is 2.04. The molecule has 2 aliphatic carbocycles. The van der Waals surface area contributed by atoms with Crippen LogP contribution < -0.4 is 0 Å². The van der Waals surface area contributed by atoms with Crippen LogP contribution in [-0.4, -0.2) is 11.6 Å². The number of allylic oxidation sites excluding steroid dienone is 12. The number of carbonyl (C=O) groups is 2. The molecule has 88 valence electrons. The van der Waals surface area contributed by atoms with Gasteiger partial charge in [-0.15, -0.1) is 0 Å². The molecule has 2 rings (SSSR count). The summed E-state index contributed by atoms with van der Waals surface area (Å²) in [6.45, 7) is 7.49. The average molecular weight is 236 g/mol. The third-order valence-corrected chi connectivity index (χ3v) is 2.73. The van der Waals surface area contributed by atoms with E-state index >= 15 is 0 Å².